The number of carbonyl (C=O) groups excluding carboxylic acids is 2. The number of hydrogen-bond donors (Lipinski definition) is 1. The van der Waals surface area contributed by atoms with Crippen molar-refractivity contribution in [3.8, 4) is 6.07 Å². The van der Waals surface area contributed by atoms with Gasteiger partial charge in [0.25, 0.3) is 0 Å². The molecular formula is C20H16F2N4O3. The van der Waals surface area contributed by atoms with Gasteiger partial charge >= 0.3 is 6.09 Å². The summed E-state index contributed by atoms with van der Waals surface area (Å²) in [5, 5.41) is 11.4. The number of aromatic nitrogens is 1. The Balaban J connectivity index is 1.77. The third-order valence-electron chi connectivity index (χ3n) is 4.17. The number of anilines is 1. The largest absolute Gasteiger partial charge is 0.442 e. The number of amides is 2. The molecule has 7 nitrogen and oxygen atoms in total. The highest BCUT2D eigenvalue weighted by Gasteiger charge is 2.32. The van der Waals surface area contributed by atoms with E-state index >= 15 is 0 Å². The molecule has 148 valence electrons. The summed E-state index contributed by atoms with van der Waals surface area (Å²) < 4.78 is 34.0. The summed E-state index contributed by atoms with van der Waals surface area (Å²) in [6.45, 7) is 1.65. The molecule has 0 spiro atoms. The molecule has 2 aromatic rings. The zero-order valence-electron chi connectivity index (χ0n) is 15.4. The SMILES string of the molecule is CC(=O)NC[C@H]1CN(c2ccc(C=C(F)c3cncc(C#N)c3)c(F)c2)C(=O)O1. The van der Waals surface area contributed by atoms with Crippen molar-refractivity contribution in [1.29, 1.82) is 5.26 Å². The maximum Gasteiger partial charge on any atom is 0.414 e. The van der Waals surface area contributed by atoms with Gasteiger partial charge in [0.05, 0.1) is 24.3 Å². The highest BCUT2D eigenvalue weighted by molar-refractivity contribution is 5.90. The average Bonchev–Trinajstić information content (AvgIpc) is 3.08. The van der Waals surface area contributed by atoms with Crippen molar-refractivity contribution in [2.24, 2.45) is 0 Å². The van der Waals surface area contributed by atoms with Gasteiger partial charge in [-0.15, -0.1) is 0 Å². The number of nitrogens with zero attached hydrogens (tertiary/aromatic N) is 3. The topological polar surface area (TPSA) is 95.3 Å². The van der Waals surface area contributed by atoms with E-state index in [-0.39, 0.29) is 41.4 Å². The van der Waals surface area contributed by atoms with Crippen LogP contribution < -0.4 is 10.2 Å². The van der Waals surface area contributed by atoms with Crippen molar-refractivity contribution < 1.29 is 23.1 Å². The number of cyclic esters (lactones) is 1. The van der Waals surface area contributed by atoms with Gasteiger partial charge in [0.15, 0.2) is 0 Å². The lowest BCUT2D eigenvalue weighted by Gasteiger charge is -2.14. The number of halogens is 2. The average molecular weight is 398 g/mol. The molecule has 1 N–H and O–H groups in total. The molecule has 1 saturated heterocycles. The predicted molar refractivity (Wildman–Crippen MR) is 101 cm³/mol. The van der Waals surface area contributed by atoms with Gasteiger partial charge < -0.3 is 10.1 Å². The van der Waals surface area contributed by atoms with Gasteiger partial charge in [0.1, 0.15) is 23.8 Å². The van der Waals surface area contributed by atoms with Crippen molar-refractivity contribution >= 4 is 29.6 Å². The Morgan fingerprint density at radius 2 is 2.24 bits per heavy atom. The molecule has 1 atom stereocenters. The van der Waals surface area contributed by atoms with Crippen molar-refractivity contribution in [2.45, 2.75) is 13.0 Å². The van der Waals surface area contributed by atoms with Crippen LogP contribution in [0.5, 0.6) is 0 Å². The Labute approximate surface area is 165 Å². The Hall–Kier alpha value is -3.80. The maximum atomic E-state index is 14.5. The molecule has 1 aliphatic heterocycles. The molecule has 2 amide bonds. The monoisotopic (exact) mass is 398 g/mol. The van der Waals surface area contributed by atoms with Crippen molar-refractivity contribution in [3.05, 3.63) is 59.2 Å². The van der Waals surface area contributed by atoms with Crippen LogP contribution in [-0.2, 0) is 9.53 Å². The second kappa shape index (κ2) is 8.48. The van der Waals surface area contributed by atoms with E-state index in [0.717, 1.165) is 12.1 Å². The van der Waals surface area contributed by atoms with Crippen molar-refractivity contribution in [1.82, 2.24) is 10.3 Å². The standard InChI is InChI=1S/C20H16F2N4O3/c1-12(27)25-10-17-11-26(20(28)29-17)16-3-2-14(19(22)6-16)5-18(21)15-4-13(7-23)8-24-9-15/h2-6,8-9,17H,10-11H2,1H3,(H,25,27)/t17-/m0/s1. The first-order chi connectivity index (χ1) is 13.9. The van der Waals surface area contributed by atoms with Gasteiger partial charge in [-0.3, -0.25) is 14.7 Å². The molecule has 2 heterocycles. The molecule has 0 saturated carbocycles. The van der Waals surface area contributed by atoms with E-state index in [1.807, 2.05) is 6.07 Å². The van der Waals surface area contributed by atoms with E-state index in [1.54, 1.807) is 0 Å². The Morgan fingerprint density at radius 3 is 2.93 bits per heavy atom. The maximum absolute atomic E-state index is 14.5. The third kappa shape index (κ3) is 4.73. The van der Waals surface area contributed by atoms with Crippen molar-refractivity contribution in [3.63, 3.8) is 0 Å². The molecule has 29 heavy (non-hydrogen) atoms. The highest BCUT2D eigenvalue weighted by atomic mass is 19.1. The zero-order valence-corrected chi connectivity index (χ0v) is 15.4. The van der Waals surface area contributed by atoms with Crippen LogP contribution in [0.15, 0.2) is 36.7 Å². The smallest absolute Gasteiger partial charge is 0.414 e. The summed E-state index contributed by atoms with van der Waals surface area (Å²) in [4.78, 5) is 28.0. The number of nitriles is 1. The first-order valence-corrected chi connectivity index (χ1v) is 8.62. The molecule has 9 heteroatoms. The summed E-state index contributed by atoms with van der Waals surface area (Å²) in [5.74, 6) is -1.74. The second-order valence-corrected chi connectivity index (χ2v) is 6.33. The number of ether oxygens (including phenoxy) is 1. The van der Waals surface area contributed by atoms with Gasteiger partial charge in [-0.05, 0) is 30.3 Å². The normalized spacial score (nSPS) is 16.3. The molecule has 0 bridgehead atoms. The fraction of sp³-hybridized carbons (Fsp3) is 0.200. The lowest BCUT2D eigenvalue weighted by Crippen LogP contribution is -2.33. The summed E-state index contributed by atoms with van der Waals surface area (Å²) in [5.41, 5.74) is 0.458. The number of rotatable bonds is 5. The van der Waals surface area contributed by atoms with Crippen LogP contribution in [0.25, 0.3) is 11.9 Å². The minimum Gasteiger partial charge on any atom is -0.442 e. The summed E-state index contributed by atoms with van der Waals surface area (Å²) >= 11 is 0. The molecular weight excluding hydrogens is 382 g/mol. The number of benzene rings is 1. The molecule has 0 unspecified atom stereocenters. The quantitative estimate of drug-likeness (QED) is 0.835. The lowest BCUT2D eigenvalue weighted by molar-refractivity contribution is -0.119. The van der Waals surface area contributed by atoms with Crippen LogP contribution in [0, 0.1) is 17.1 Å². The summed E-state index contributed by atoms with van der Waals surface area (Å²) in [6, 6.07) is 7.06. The number of nitrogens with one attached hydrogen (secondary N) is 1. The van der Waals surface area contributed by atoms with E-state index in [0.29, 0.717) is 0 Å². The van der Waals surface area contributed by atoms with Crippen LogP contribution in [0.2, 0.25) is 0 Å². The van der Waals surface area contributed by atoms with Crippen LogP contribution >= 0.6 is 0 Å². The van der Waals surface area contributed by atoms with E-state index in [1.165, 1.54) is 42.4 Å². The van der Waals surface area contributed by atoms with Gasteiger partial charge in [-0.25, -0.2) is 13.6 Å². The van der Waals surface area contributed by atoms with Crippen LogP contribution in [-0.4, -0.2) is 36.2 Å². The van der Waals surface area contributed by atoms with Crippen molar-refractivity contribution in [2.75, 3.05) is 18.0 Å². The molecule has 1 aliphatic rings. The Bertz CT molecular complexity index is 1030. The van der Waals surface area contributed by atoms with Gasteiger partial charge in [0.2, 0.25) is 5.91 Å². The highest BCUT2D eigenvalue weighted by Crippen LogP contribution is 2.26. The fourth-order valence-electron chi connectivity index (χ4n) is 2.75. The number of hydrogen-bond acceptors (Lipinski definition) is 5. The second-order valence-electron chi connectivity index (χ2n) is 6.33. The minimum atomic E-state index is -0.753. The number of pyridine rings is 1. The molecule has 1 fully saturated rings. The van der Waals surface area contributed by atoms with Crippen LogP contribution in [0.1, 0.15) is 23.6 Å². The molecule has 1 aromatic carbocycles. The molecule has 3 rings (SSSR count). The van der Waals surface area contributed by atoms with Gasteiger partial charge in [-0.1, -0.05) is 0 Å². The van der Waals surface area contributed by atoms with E-state index in [4.69, 9.17) is 10.00 Å². The summed E-state index contributed by atoms with van der Waals surface area (Å²) in [7, 11) is 0. The molecule has 1 aromatic heterocycles. The van der Waals surface area contributed by atoms with E-state index in [2.05, 4.69) is 10.3 Å². The summed E-state index contributed by atoms with van der Waals surface area (Å²) in [6.07, 6.45) is 2.30. The number of carbonyl (C=O) groups is 2. The predicted octanol–water partition coefficient (Wildman–Crippen LogP) is 3.02. The fourth-order valence-corrected chi connectivity index (χ4v) is 2.75. The lowest BCUT2D eigenvalue weighted by atomic mass is 10.1. The minimum absolute atomic E-state index is 0.0315. The molecule has 0 aliphatic carbocycles. The Morgan fingerprint density at radius 1 is 1.45 bits per heavy atom. The van der Waals surface area contributed by atoms with Gasteiger partial charge in [0, 0.05) is 30.4 Å². The van der Waals surface area contributed by atoms with E-state index in [9.17, 15) is 18.4 Å². The van der Waals surface area contributed by atoms with Crippen LogP contribution in [0.4, 0.5) is 19.3 Å². The molecule has 0 radical (unpaired) electrons. The van der Waals surface area contributed by atoms with E-state index < -0.39 is 23.8 Å². The van der Waals surface area contributed by atoms with Gasteiger partial charge in [-0.2, -0.15) is 5.26 Å². The van der Waals surface area contributed by atoms with Crippen LogP contribution in [0.3, 0.4) is 0 Å². The first kappa shape index (κ1) is 19.9. The zero-order chi connectivity index (χ0) is 21.0. The first-order valence-electron chi connectivity index (χ1n) is 8.62. The Kier molecular flexibility index (Phi) is 5.83. The third-order valence-corrected chi connectivity index (χ3v) is 4.17.